The zero-order valence-electron chi connectivity index (χ0n) is 23.8. The van der Waals surface area contributed by atoms with Gasteiger partial charge in [0.2, 0.25) is 11.8 Å². The molecule has 0 fully saturated rings. The van der Waals surface area contributed by atoms with Gasteiger partial charge >= 0.3 is 10.2 Å². The number of carbonyl (C=O) groups excluding carboxylic acids is 2. The highest BCUT2D eigenvalue weighted by Gasteiger charge is 2.36. The smallest absolute Gasteiger partial charge is 0.304 e. The van der Waals surface area contributed by atoms with Gasteiger partial charge in [-0.25, -0.2) is 8.70 Å². The average molecular weight is 648 g/mol. The molecule has 0 spiro atoms. The lowest BCUT2D eigenvalue weighted by atomic mass is 10.0. The SMILES string of the molecule is CN(C)S(=O)(=O)N(CC(=O)N(Cc1cccc(Br)c1)[C@H](Cc1ccccc1)C(=O)NC(C)(C)C)c1ccccc1F. The third kappa shape index (κ3) is 8.85. The summed E-state index contributed by atoms with van der Waals surface area (Å²) in [7, 11) is -1.67. The lowest BCUT2D eigenvalue weighted by Crippen LogP contribution is -2.56. The first-order chi connectivity index (χ1) is 19.2. The van der Waals surface area contributed by atoms with Gasteiger partial charge in [0.15, 0.2) is 0 Å². The molecule has 0 radical (unpaired) electrons. The zero-order valence-corrected chi connectivity index (χ0v) is 26.2. The fourth-order valence-electron chi connectivity index (χ4n) is 4.19. The van der Waals surface area contributed by atoms with Crippen LogP contribution in [0.5, 0.6) is 0 Å². The predicted molar refractivity (Wildman–Crippen MR) is 163 cm³/mol. The Morgan fingerprint density at radius 2 is 1.54 bits per heavy atom. The molecule has 0 saturated heterocycles. The standard InChI is InChI=1S/C30H36BrFN4O4S/c1-30(2,3)33-29(38)27(19-22-12-7-6-8-13-22)35(20-23-14-11-15-24(31)18-23)28(37)21-36(41(39,40)34(4)5)26-17-10-9-16-25(26)32/h6-18,27H,19-21H2,1-5H3,(H,33,38)/t27-/m1/s1. The number of rotatable bonds is 11. The molecule has 0 bridgehead atoms. The Hall–Kier alpha value is -3.28. The third-order valence-corrected chi connectivity index (χ3v) is 8.45. The Bertz CT molecular complexity index is 1460. The molecule has 0 heterocycles. The normalized spacial score (nSPS) is 12.6. The van der Waals surface area contributed by atoms with Gasteiger partial charge in [-0.1, -0.05) is 70.5 Å². The molecule has 2 amide bonds. The molecule has 1 atom stereocenters. The highest BCUT2D eigenvalue weighted by Crippen LogP contribution is 2.25. The largest absolute Gasteiger partial charge is 0.350 e. The van der Waals surface area contributed by atoms with E-state index in [1.165, 1.54) is 37.2 Å². The highest BCUT2D eigenvalue weighted by molar-refractivity contribution is 9.10. The molecule has 3 aromatic rings. The molecule has 220 valence electrons. The molecule has 8 nitrogen and oxygen atoms in total. The second-order valence-corrected chi connectivity index (χ2v) is 13.8. The van der Waals surface area contributed by atoms with Crippen molar-refractivity contribution in [2.75, 3.05) is 24.9 Å². The van der Waals surface area contributed by atoms with Crippen LogP contribution in [0.1, 0.15) is 31.9 Å². The monoisotopic (exact) mass is 646 g/mol. The molecule has 41 heavy (non-hydrogen) atoms. The van der Waals surface area contributed by atoms with E-state index in [0.29, 0.717) is 0 Å². The summed E-state index contributed by atoms with van der Waals surface area (Å²) >= 11 is 3.45. The van der Waals surface area contributed by atoms with Crippen molar-refractivity contribution in [2.45, 2.75) is 45.3 Å². The molecule has 0 saturated carbocycles. The maximum absolute atomic E-state index is 14.9. The van der Waals surface area contributed by atoms with Gasteiger partial charge in [0.1, 0.15) is 18.4 Å². The van der Waals surface area contributed by atoms with Crippen molar-refractivity contribution in [1.82, 2.24) is 14.5 Å². The Morgan fingerprint density at radius 1 is 0.927 bits per heavy atom. The van der Waals surface area contributed by atoms with Crippen LogP contribution < -0.4 is 9.62 Å². The molecule has 11 heteroatoms. The van der Waals surface area contributed by atoms with E-state index in [2.05, 4.69) is 21.2 Å². The summed E-state index contributed by atoms with van der Waals surface area (Å²) in [5.41, 5.74) is 0.683. The summed E-state index contributed by atoms with van der Waals surface area (Å²) in [4.78, 5) is 29.3. The van der Waals surface area contributed by atoms with Crippen molar-refractivity contribution in [2.24, 2.45) is 0 Å². The summed E-state index contributed by atoms with van der Waals surface area (Å²) in [6.45, 7) is 4.82. The van der Waals surface area contributed by atoms with E-state index < -0.39 is 46.0 Å². The first-order valence-corrected chi connectivity index (χ1v) is 15.2. The number of nitrogens with zero attached hydrogens (tertiary/aromatic N) is 3. The third-order valence-electron chi connectivity index (χ3n) is 6.15. The minimum atomic E-state index is -4.29. The lowest BCUT2D eigenvalue weighted by Gasteiger charge is -2.35. The van der Waals surface area contributed by atoms with E-state index in [4.69, 9.17) is 0 Å². The quantitative estimate of drug-likeness (QED) is 0.325. The molecular formula is C30H36BrFN4O4S. The number of benzene rings is 3. The Labute approximate surface area is 250 Å². The molecule has 0 aliphatic carbocycles. The van der Waals surface area contributed by atoms with Gasteiger partial charge < -0.3 is 10.2 Å². The Kier molecular flexibility index (Phi) is 10.7. The molecule has 3 aromatic carbocycles. The van der Waals surface area contributed by atoms with Gasteiger partial charge in [-0.2, -0.15) is 12.7 Å². The highest BCUT2D eigenvalue weighted by atomic mass is 79.9. The van der Waals surface area contributed by atoms with Crippen molar-refractivity contribution in [3.05, 3.63) is 100 Å². The van der Waals surface area contributed by atoms with Crippen LogP contribution in [0.3, 0.4) is 0 Å². The lowest BCUT2D eigenvalue weighted by molar-refractivity contribution is -0.140. The summed E-state index contributed by atoms with van der Waals surface area (Å²) < 4.78 is 44.1. The van der Waals surface area contributed by atoms with Crippen LogP contribution in [0.2, 0.25) is 0 Å². The predicted octanol–water partition coefficient (Wildman–Crippen LogP) is 4.76. The van der Waals surface area contributed by atoms with Crippen molar-refractivity contribution in [3.8, 4) is 0 Å². The topological polar surface area (TPSA) is 90.0 Å². The molecule has 0 unspecified atom stereocenters. The zero-order chi connectivity index (χ0) is 30.4. The van der Waals surface area contributed by atoms with Gasteiger partial charge in [-0.05, 0) is 56.2 Å². The summed E-state index contributed by atoms with van der Waals surface area (Å²) in [6.07, 6.45) is 0.183. The number of hydrogen-bond donors (Lipinski definition) is 1. The van der Waals surface area contributed by atoms with E-state index in [-0.39, 0.29) is 18.7 Å². The Morgan fingerprint density at radius 3 is 2.12 bits per heavy atom. The minimum Gasteiger partial charge on any atom is -0.350 e. The first-order valence-electron chi connectivity index (χ1n) is 13.0. The van der Waals surface area contributed by atoms with Gasteiger partial charge in [0.05, 0.1) is 5.69 Å². The number of nitrogens with one attached hydrogen (secondary N) is 1. The fraction of sp³-hybridized carbons (Fsp3) is 0.333. The molecule has 0 aromatic heterocycles. The van der Waals surface area contributed by atoms with Crippen molar-refractivity contribution in [3.63, 3.8) is 0 Å². The van der Waals surface area contributed by atoms with E-state index >= 15 is 0 Å². The Balaban J connectivity index is 2.13. The van der Waals surface area contributed by atoms with Gasteiger partial charge in [-0.15, -0.1) is 0 Å². The number of hydrogen-bond acceptors (Lipinski definition) is 4. The van der Waals surface area contributed by atoms with Crippen LogP contribution in [0.25, 0.3) is 0 Å². The molecular weight excluding hydrogens is 611 g/mol. The molecule has 1 N–H and O–H groups in total. The van der Waals surface area contributed by atoms with Crippen LogP contribution in [0.15, 0.2) is 83.3 Å². The number of amides is 2. The maximum Gasteiger partial charge on any atom is 0.304 e. The second-order valence-electron chi connectivity index (χ2n) is 10.8. The van der Waals surface area contributed by atoms with Crippen LogP contribution in [-0.4, -0.2) is 61.7 Å². The minimum absolute atomic E-state index is 0.0143. The van der Waals surface area contributed by atoms with E-state index in [0.717, 1.165) is 30.3 Å². The van der Waals surface area contributed by atoms with Gasteiger partial charge in [0.25, 0.3) is 0 Å². The number of para-hydroxylation sites is 1. The summed E-state index contributed by atoms with van der Waals surface area (Å²) in [5, 5.41) is 2.97. The van der Waals surface area contributed by atoms with E-state index in [9.17, 15) is 22.4 Å². The number of carbonyl (C=O) groups is 2. The van der Waals surface area contributed by atoms with Crippen LogP contribution in [0.4, 0.5) is 10.1 Å². The van der Waals surface area contributed by atoms with Crippen molar-refractivity contribution < 1.29 is 22.4 Å². The van der Waals surface area contributed by atoms with Crippen LogP contribution >= 0.6 is 15.9 Å². The van der Waals surface area contributed by atoms with E-state index in [1.54, 1.807) is 0 Å². The fourth-order valence-corrected chi connectivity index (χ4v) is 5.71. The summed E-state index contributed by atoms with van der Waals surface area (Å²) in [5.74, 6) is -1.85. The van der Waals surface area contributed by atoms with Gasteiger partial charge in [-0.3, -0.25) is 9.59 Å². The van der Waals surface area contributed by atoms with E-state index in [1.807, 2.05) is 75.4 Å². The van der Waals surface area contributed by atoms with Crippen molar-refractivity contribution >= 4 is 43.6 Å². The van der Waals surface area contributed by atoms with Gasteiger partial charge in [0, 0.05) is 37.1 Å². The first kappa shape index (κ1) is 32.2. The maximum atomic E-state index is 14.9. The van der Waals surface area contributed by atoms with Crippen molar-refractivity contribution in [1.29, 1.82) is 0 Å². The van der Waals surface area contributed by atoms with Crippen LogP contribution in [0, 0.1) is 5.82 Å². The second kappa shape index (κ2) is 13.6. The summed E-state index contributed by atoms with van der Waals surface area (Å²) in [6, 6.07) is 20.9. The molecule has 3 rings (SSSR count). The van der Waals surface area contributed by atoms with Crippen LogP contribution in [-0.2, 0) is 32.8 Å². The molecule has 0 aliphatic rings. The number of halogens is 2. The number of anilines is 1. The average Bonchev–Trinajstić information content (AvgIpc) is 2.89. The molecule has 0 aliphatic heterocycles.